The summed E-state index contributed by atoms with van der Waals surface area (Å²) < 4.78 is 4.60. The minimum atomic E-state index is -0.687. The highest BCUT2D eigenvalue weighted by Gasteiger charge is 2.28. The van der Waals surface area contributed by atoms with Crippen molar-refractivity contribution in [3.63, 3.8) is 0 Å². The summed E-state index contributed by atoms with van der Waals surface area (Å²) in [5.41, 5.74) is 0.670. The van der Waals surface area contributed by atoms with Gasteiger partial charge in [-0.15, -0.1) is 0 Å². The van der Waals surface area contributed by atoms with Crippen LogP contribution in [0.4, 0.5) is 0 Å². The van der Waals surface area contributed by atoms with Crippen molar-refractivity contribution in [2.24, 2.45) is 5.92 Å². The zero-order valence-electron chi connectivity index (χ0n) is 15.2. The van der Waals surface area contributed by atoms with Crippen molar-refractivity contribution in [1.82, 2.24) is 10.2 Å². The molecule has 0 bridgehead atoms. The number of carbonyl (C=O) groups is 3. The van der Waals surface area contributed by atoms with Crippen molar-refractivity contribution in [3.8, 4) is 0 Å². The number of rotatable bonds is 5. The number of esters is 1. The molecule has 2 rings (SSSR count). The maximum Gasteiger partial charge on any atom is 0.328 e. The molecule has 1 unspecified atom stereocenters. The first-order chi connectivity index (χ1) is 12.8. The molecule has 27 heavy (non-hydrogen) atoms. The Labute approximate surface area is 168 Å². The van der Waals surface area contributed by atoms with Crippen LogP contribution in [0.15, 0.2) is 24.3 Å². The molecule has 1 N–H and O–H groups in total. The number of amides is 2. The van der Waals surface area contributed by atoms with Crippen LogP contribution < -0.4 is 5.32 Å². The molecule has 1 aliphatic rings. The highest BCUT2D eigenvalue weighted by Crippen LogP contribution is 2.26. The van der Waals surface area contributed by atoms with E-state index in [2.05, 4.69) is 10.1 Å². The Hall–Kier alpha value is -2.05. The summed E-state index contributed by atoms with van der Waals surface area (Å²) >= 11 is 12.1. The first kappa shape index (κ1) is 21.3. The fourth-order valence-corrected chi connectivity index (χ4v) is 3.22. The number of nitrogens with one attached hydrogen (secondary N) is 1. The van der Waals surface area contributed by atoms with Crippen LogP contribution in [0.1, 0.15) is 25.3 Å². The van der Waals surface area contributed by atoms with Gasteiger partial charge in [-0.05, 0) is 37.5 Å². The van der Waals surface area contributed by atoms with Gasteiger partial charge in [0.05, 0.1) is 17.2 Å². The number of carbonyl (C=O) groups excluding carboxylic acids is 3. The average molecular weight is 413 g/mol. The molecule has 0 spiro atoms. The van der Waals surface area contributed by atoms with Crippen LogP contribution >= 0.6 is 23.2 Å². The Morgan fingerprint density at radius 2 is 1.93 bits per heavy atom. The number of halogens is 2. The van der Waals surface area contributed by atoms with Gasteiger partial charge in [0.2, 0.25) is 11.8 Å². The standard InChI is InChI=1S/C19H22Cl2N2O4/c1-12(19(26)27-2)22-18(25)14-8-10-23(11-9-14)16(24)7-6-13-4-3-5-15(20)17(13)21/h3-7,12,14H,8-11H2,1-2H3,(H,22,25). The summed E-state index contributed by atoms with van der Waals surface area (Å²) in [4.78, 5) is 37.6. The molecule has 2 amide bonds. The van der Waals surface area contributed by atoms with Crippen LogP contribution in [0, 0.1) is 5.92 Å². The van der Waals surface area contributed by atoms with E-state index >= 15 is 0 Å². The van der Waals surface area contributed by atoms with Gasteiger partial charge in [-0.1, -0.05) is 35.3 Å². The van der Waals surface area contributed by atoms with E-state index in [1.165, 1.54) is 13.2 Å². The highest BCUT2D eigenvalue weighted by atomic mass is 35.5. The third kappa shape index (κ3) is 5.71. The lowest BCUT2D eigenvalue weighted by Crippen LogP contribution is -2.46. The average Bonchev–Trinajstić information content (AvgIpc) is 2.68. The van der Waals surface area contributed by atoms with Gasteiger partial charge in [-0.3, -0.25) is 9.59 Å². The second kappa shape index (κ2) is 9.76. The first-order valence-corrected chi connectivity index (χ1v) is 9.38. The molecule has 1 atom stereocenters. The predicted molar refractivity (Wildman–Crippen MR) is 104 cm³/mol. The van der Waals surface area contributed by atoms with Crippen LogP contribution in [-0.4, -0.2) is 48.9 Å². The monoisotopic (exact) mass is 412 g/mol. The van der Waals surface area contributed by atoms with E-state index in [0.717, 1.165) is 0 Å². The zero-order chi connectivity index (χ0) is 20.0. The molecule has 0 aromatic heterocycles. The minimum Gasteiger partial charge on any atom is -0.467 e. The lowest BCUT2D eigenvalue weighted by Gasteiger charge is -2.31. The fourth-order valence-electron chi connectivity index (χ4n) is 2.84. The Morgan fingerprint density at radius 1 is 1.26 bits per heavy atom. The van der Waals surface area contributed by atoms with Gasteiger partial charge in [0.15, 0.2) is 0 Å². The summed E-state index contributed by atoms with van der Waals surface area (Å²) in [6.07, 6.45) is 4.17. The molecule has 0 aliphatic carbocycles. The quantitative estimate of drug-likeness (QED) is 0.595. The topological polar surface area (TPSA) is 75.7 Å². The van der Waals surface area contributed by atoms with E-state index in [-0.39, 0.29) is 17.7 Å². The molecule has 1 heterocycles. The van der Waals surface area contributed by atoms with Gasteiger partial charge in [0.1, 0.15) is 6.04 Å². The molecular weight excluding hydrogens is 391 g/mol. The van der Waals surface area contributed by atoms with Crippen LogP contribution in [0.2, 0.25) is 10.0 Å². The Kier molecular flexibility index (Phi) is 7.68. The van der Waals surface area contributed by atoms with E-state index in [1.54, 1.807) is 36.1 Å². The van der Waals surface area contributed by atoms with E-state index in [1.807, 2.05) is 0 Å². The van der Waals surface area contributed by atoms with Gasteiger partial charge < -0.3 is 15.0 Å². The van der Waals surface area contributed by atoms with Crippen molar-refractivity contribution < 1.29 is 19.1 Å². The van der Waals surface area contributed by atoms with Gasteiger partial charge in [-0.25, -0.2) is 4.79 Å². The summed E-state index contributed by atoms with van der Waals surface area (Å²) in [5, 5.41) is 3.48. The molecule has 8 heteroatoms. The van der Waals surface area contributed by atoms with Gasteiger partial charge >= 0.3 is 5.97 Å². The lowest BCUT2D eigenvalue weighted by atomic mass is 9.95. The van der Waals surface area contributed by atoms with Crippen LogP contribution in [0.25, 0.3) is 6.08 Å². The molecule has 0 radical (unpaired) electrons. The predicted octanol–water partition coefficient (Wildman–Crippen LogP) is 2.92. The van der Waals surface area contributed by atoms with E-state index in [0.29, 0.717) is 41.5 Å². The molecule has 1 aromatic rings. The van der Waals surface area contributed by atoms with E-state index in [4.69, 9.17) is 23.2 Å². The molecule has 1 fully saturated rings. The molecule has 1 saturated heterocycles. The first-order valence-electron chi connectivity index (χ1n) is 8.62. The molecule has 6 nitrogen and oxygen atoms in total. The smallest absolute Gasteiger partial charge is 0.328 e. The summed E-state index contributed by atoms with van der Waals surface area (Å²) in [5.74, 6) is -1.05. The van der Waals surface area contributed by atoms with Crippen molar-refractivity contribution in [2.75, 3.05) is 20.2 Å². The summed E-state index contributed by atoms with van der Waals surface area (Å²) in [7, 11) is 1.28. The molecular formula is C19H22Cl2N2O4. The fraction of sp³-hybridized carbons (Fsp3) is 0.421. The lowest BCUT2D eigenvalue weighted by molar-refractivity contribution is -0.145. The molecule has 146 valence electrons. The molecule has 1 aliphatic heterocycles. The number of benzene rings is 1. The SMILES string of the molecule is COC(=O)C(C)NC(=O)C1CCN(C(=O)C=Cc2cccc(Cl)c2Cl)CC1. The van der Waals surface area contributed by atoms with Crippen molar-refractivity contribution in [2.45, 2.75) is 25.8 Å². The highest BCUT2D eigenvalue weighted by molar-refractivity contribution is 6.42. The van der Waals surface area contributed by atoms with Crippen LogP contribution in [-0.2, 0) is 19.1 Å². The van der Waals surface area contributed by atoms with Crippen molar-refractivity contribution >= 4 is 47.1 Å². The maximum atomic E-state index is 12.4. The van der Waals surface area contributed by atoms with Crippen LogP contribution in [0.3, 0.4) is 0 Å². The van der Waals surface area contributed by atoms with Crippen molar-refractivity contribution in [3.05, 3.63) is 39.9 Å². The Balaban J connectivity index is 1.87. The maximum absolute atomic E-state index is 12.4. The van der Waals surface area contributed by atoms with Gasteiger partial charge in [0.25, 0.3) is 0 Å². The van der Waals surface area contributed by atoms with E-state index in [9.17, 15) is 14.4 Å². The number of likely N-dealkylation sites (tertiary alicyclic amines) is 1. The van der Waals surface area contributed by atoms with Gasteiger partial charge in [-0.2, -0.15) is 0 Å². The largest absolute Gasteiger partial charge is 0.467 e. The number of methoxy groups -OCH3 is 1. The minimum absolute atomic E-state index is 0.146. The summed E-state index contributed by atoms with van der Waals surface area (Å²) in [6, 6.07) is 4.53. The third-order valence-electron chi connectivity index (χ3n) is 4.48. The number of hydrogen-bond acceptors (Lipinski definition) is 4. The molecule has 1 aromatic carbocycles. The summed E-state index contributed by atoms with van der Waals surface area (Å²) in [6.45, 7) is 2.52. The third-order valence-corrected chi connectivity index (χ3v) is 5.31. The Morgan fingerprint density at radius 3 is 2.56 bits per heavy atom. The van der Waals surface area contributed by atoms with Crippen molar-refractivity contribution in [1.29, 1.82) is 0 Å². The number of piperidine rings is 1. The normalized spacial score (nSPS) is 16.2. The Bertz CT molecular complexity index is 743. The number of nitrogens with zero attached hydrogens (tertiary/aromatic N) is 1. The van der Waals surface area contributed by atoms with E-state index < -0.39 is 12.0 Å². The molecule has 0 saturated carbocycles. The number of ether oxygens (including phenoxy) is 1. The zero-order valence-corrected chi connectivity index (χ0v) is 16.7. The second-order valence-electron chi connectivity index (χ2n) is 6.33. The number of hydrogen-bond donors (Lipinski definition) is 1. The van der Waals surface area contributed by atoms with Gasteiger partial charge in [0, 0.05) is 25.1 Å². The second-order valence-corrected chi connectivity index (χ2v) is 7.11. The van der Waals surface area contributed by atoms with Crippen LogP contribution in [0.5, 0.6) is 0 Å².